The summed E-state index contributed by atoms with van der Waals surface area (Å²) in [6.07, 6.45) is -4.88. The van der Waals surface area contributed by atoms with Crippen LogP contribution in [0.3, 0.4) is 0 Å². The molecule has 120 valence electrons. The van der Waals surface area contributed by atoms with E-state index in [2.05, 4.69) is 4.74 Å². The number of alkyl halides is 3. The average molecular weight is 344 g/mol. The number of benzene rings is 2. The van der Waals surface area contributed by atoms with Crippen LogP contribution in [-0.2, 0) is 0 Å². The summed E-state index contributed by atoms with van der Waals surface area (Å²) in [5.74, 6) is -0.348. The fourth-order valence-electron chi connectivity index (χ4n) is 1.73. The standard InChI is InChI=1S/C15H9ClF3NO3/c1-21-13-7-11(4-2-9(13)8-20)22-12-5-3-10(16)6-14(12)23-15(17,18)19/h2-7H,1H3. The van der Waals surface area contributed by atoms with Gasteiger partial charge < -0.3 is 14.2 Å². The third-order valence-corrected chi connectivity index (χ3v) is 2.89. The molecule has 0 aliphatic rings. The molecule has 0 aliphatic carbocycles. The van der Waals surface area contributed by atoms with Crippen LogP contribution in [0.5, 0.6) is 23.0 Å². The van der Waals surface area contributed by atoms with Gasteiger partial charge in [-0.25, -0.2) is 0 Å². The Kier molecular flexibility index (Phi) is 4.86. The highest BCUT2D eigenvalue weighted by molar-refractivity contribution is 6.30. The minimum Gasteiger partial charge on any atom is -0.495 e. The van der Waals surface area contributed by atoms with Crippen molar-refractivity contribution in [1.82, 2.24) is 0 Å². The molecule has 0 N–H and O–H groups in total. The SMILES string of the molecule is COc1cc(Oc2ccc(Cl)cc2OC(F)(F)F)ccc1C#N. The van der Waals surface area contributed by atoms with Crippen molar-refractivity contribution < 1.29 is 27.4 Å². The highest BCUT2D eigenvalue weighted by Gasteiger charge is 2.32. The van der Waals surface area contributed by atoms with Crippen molar-refractivity contribution in [1.29, 1.82) is 5.26 Å². The van der Waals surface area contributed by atoms with Gasteiger partial charge in [-0.1, -0.05) is 11.6 Å². The van der Waals surface area contributed by atoms with Gasteiger partial charge in [0, 0.05) is 17.2 Å². The summed E-state index contributed by atoms with van der Waals surface area (Å²) in [6, 6.07) is 9.74. The van der Waals surface area contributed by atoms with E-state index in [0.717, 1.165) is 6.07 Å². The van der Waals surface area contributed by atoms with E-state index in [1.54, 1.807) is 0 Å². The molecule has 2 aromatic carbocycles. The molecule has 0 aromatic heterocycles. The van der Waals surface area contributed by atoms with Crippen molar-refractivity contribution in [2.24, 2.45) is 0 Å². The van der Waals surface area contributed by atoms with E-state index in [9.17, 15) is 13.2 Å². The first kappa shape index (κ1) is 16.8. The van der Waals surface area contributed by atoms with E-state index < -0.39 is 12.1 Å². The predicted molar refractivity (Wildman–Crippen MR) is 75.9 cm³/mol. The fraction of sp³-hybridized carbons (Fsp3) is 0.133. The van der Waals surface area contributed by atoms with Crippen LogP contribution in [0.15, 0.2) is 36.4 Å². The van der Waals surface area contributed by atoms with Crippen LogP contribution >= 0.6 is 11.6 Å². The Bertz CT molecular complexity index is 757. The first-order chi connectivity index (χ1) is 10.8. The molecule has 23 heavy (non-hydrogen) atoms. The summed E-state index contributed by atoms with van der Waals surface area (Å²) < 4.78 is 51.6. The zero-order chi connectivity index (χ0) is 17.0. The number of hydrogen-bond donors (Lipinski definition) is 0. The van der Waals surface area contributed by atoms with Crippen LogP contribution in [0.2, 0.25) is 5.02 Å². The van der Waals surface area contributed by atoms with Gasteiger partial charge in [0.1, 0.15) is 17.6 Å². The number of nitriles is 1. The van der Waals surface area contributed by atoms with Gasteiger partial charge in [-0.3, -0.25) is 0 Å². The van der Waals surface area contributed by atoms with Gasteiger partial charge in [-0.2, -0.15) is 5.26 Å². The van der Waals surface area contributed by atoms with Crippen LogP contribution in [0.25, 0.3) is 0 Å². The molecule has 0 fully saturated rings. The lowest BCUT2D eigenvalue weighted by Crippen LogP contribution is -2.17. The third-order valence-electron chi connectivity index (χ3n) is 2.65. The molecule has 8 heteroatoms. The quantitative estimate of drug-likeness (QED) is 0.791. The second kappa shape index (κ2) is 6.67. The molecular formula is C15H9ClF3NO3. The Morgan fingerprint density at radius 2 is 1.78 bits per heavy atom. The molecule has 0 amide bonds. The Morgan fingerprint density at radius 1 is 1.04 bits per heavy atom. The maximum Gasteiger partial charge on any atom is 0.573 e. The highest BCUT2D eigenvalue weighted by atomic mass is 35.5. The predicted octanol–water partition coefficient (Wildman–Crippen LogP) is 4.91. The molecule has 0 bridgehead atoms. The number of nitrogens with zero attached hydrogens (tertiary/aromatic N) is 1. The molecule has 0 atom stereocenters. The van der Waals surface area contributed by atoms with E-state index in [-0.39, 0.29) is 27.8 Å². The monoisotopic (exact) mass is 343 g/mol. The van der Waals surface area contributed by atoms with Crippen LogP contribution < -0.4 is 14.2 Å². The van der Waals surface area contributed by atoms with Crippen LogP contribution in [0.4, 0.5) is 13.2 Å². The van der Waals surface area contributed by atoms with E-state index >= 15 is 0 Å². The summed E-state index contributed by atoms with van der Waals surface area (Å²) in [5, 5.41) is 8.97. The second-order valence-electron chi connectivity index (χ2n) is 4.21. The van der Waals surface area contributed by atoms with Crippen molar-refractivity contribution in [2.45, 2.75) is 6.36 Å². The van der Waals surface area contributed by atoms with Crippen LogP contribution in [0.1, 0.15) is 5.56 Å². The lowest BCUT2D eigenvalue weighted by atomic mass is 10.2. The lowest BCUT2D eigenvalue weighted by Gasteiger charge is -2.14. The molecule has 0 radical (unpaired) electrons. The Labute approximate surface area is 134 Å². The van der Waals surface area contributed by atoms with Crippen LogP contribution in [-0.4, -0.2) is 13.5 Å². The number of hydrogen-bond acceptors (Lipinski definition) is 4. The van der Waals surface area contributed by atoms with Crippen molar-refractivity contribution >= 4 is 11.6 Å². The molecule has 0 saturated heterocycles. The number of halogens is 4. The Hall–Kier alpha value is -2.59. The van der Waals surface area contributed by atoms with Crippen molar-refractivity contribution in [3.8, 4) is 29.1 Å². The van der Waals surface area contributed by atoms with Gasteiger partial charge in [0.2, 0.25) is 0 Å². The van der Waals surface area contributed by atoms with Gasteiger partial charge >= 0.3 is 6.36 Å². The Morgan fingerprint density at radius 3 is 2.39 bits per heavy atom. The largest absolute Gasteiger partial charge is 0.573 e. The fourth-order valence-corrected chi connectivity index (χ4v) is 1.89. The summed E-state index contributed by atoms with van der Waals surface area (Å²) in [4.78, 5) is 0. The van der Waals surface area contributed by atoms with Gasteiger partial charge in [0.15, 0.2) is 11.5 Å². The topological polar surface area (TPSA) is 51.5 Å². The van der Waals surface area contributed by atoms with Crippen molar-refractivity contribution in [3.63, 3.8) is 0 Å². The van der Waals surface area contributed by atoms with Gasteiger partial charge in [0.05, 0.1) is 12.7 Å². The molecule has 0 saturated carbocycles. The minimum atomic E-state index is -4.88. The normalized spacial score (nSPS) is 10.8. The second-order valence-corrected chi connectivity index (χ2v) is 4.65. The first-order valence-corrected chi connectivity index (χ1v) is 6.51. The zero-order valence-electron chi connectivity index (χ0n) is 11.6. The summed E-state index contributed by atoms with van der Waals surface area (Å²) >= 11 is 5.68. The smallest absolute Gasteiger partial charge is 0.495 e. The molecule has 0 unspecified atom stereocenters. The third kappa shape index (κ3) is 4.44. The molecule has 2 rings (SSSR count). The van der Waals surface area contributed by atoms with E-state index in [1.807, 2.05) is 6.07 Å². The van der Waals surface area contributed by atoms with E-state index in [1.165, 1.54) is 37.4 Å². The maximum absolute atomic E-state index is 12.4. The van der Waals surface area contributed by atoms with Crippen LogP contribution in [0, 0.1) is 11.3 Å². The highest BCUT2D eigenvalue weighted by Crippen LogP contribution is 2.38. The molecule has 0 aliphatic heterocycles. The van der Waals surface area contributed by atoms with E-state index in [4.69, 9.17) is 26.3 Å². The van der Waals surface area contributed by atoms with Crippen molar-refractivity contribution in [2.75, 3.05) is 7.11 Å². The molecular weight excluding hydrogens is 335 g/mol. The van der Waals surface area contributed by atoms with Gasteiger partial charge in [-0.05, 0) is 24.3 Å². The maximum atomic E-state index is 12.4. The van der Waals surface area contributed by atoms with Gasteiger partial charge in [0.25, 0.3) is 0 Å². The Balaban J connectivity index is 2.35. The van der Waals surface area contributed by atoms with E-state index in [0.29, 0.717) is 0 Å². The zero-order valence-corrected chi connectivity index (χ0v) is 12.4. The number of methoxy groups -OCH3 is 1. The number of rotatable bonds is 4. The summed E-state index contributed by atoms with van der Waals surface area (Å²) in [7, 11) is 1.36. The lowest BCUT2D eigenvalue weighted by molar-refractivity contribution is -0.275. The molecule has 4 nitrogen and oxygen atoms in total. The molecule has 0 spiro atoms. The van der Waals surface area contributed by atoms with Crippen molar-refractivity contribution in [3.05, 3.63) is 47.0 Å². The van der Waals surface area contributed by atoms with Gasteiger partial charge in [-0.15, -0.1) is 13.2 Å². The summed E-state index contributed by atoms with van der Waals surface area (Å²) in [6.45, 7) is 0. The molecule has 0 heterocycles. The number of ether oxygens (including phenoxy) is 3. The first-order valence-electron chi connectivity index (χ1n) is 6.13. The summed E-state index contributed by atoms with van der Waals surface area (Å²) in [5.41, 5.74) is 0.266. The minimum absolute atomic E-state index is 0.0639. The average Bonchev–Trinajstić information content (AvgIpc) is 2.48. The molecule has 2 aromatic rings.